The minimum atomic E-state index is -4.33. The van der Waals surface area contributed by atoms with Gasteiger partial charge >= 0.3 is 6.18 Å². The maximum absolute atomic E-state index is 12.6. The maximum Gasteiger partial charge on any atom is 0.416 e. The molecule has 1 aromatic heterocycles. The van der Waals surface area contributed by atoms with E-state index in [0.717, 1.165) is 17.7 Å². The zero-order valence-electron chi connectivity index (χ0n) is 14.0. The third-order valence-electron chi connectivity index (χ3n) is 3.24. The summed E-state index contributed by atoms with van der Waals surface area (Å²) in [5.41, 5.74) is 0.0743. The van der Waals surface area contributed by atoms with E-state index in [2.05, 4.69) is 20.4 Å². The third-order valence-corrected chi connectivity index (χ3v) is 3.24. The Morgan fingerprint density at radius 1 is 1.28 bits per heavy atom. The second-order valence-electron chi connectivity index (χ2n) is 5.19. The van der Waals surface area contributed by atoms with Crippen molar-refractivity contribution in [2.75, 3.05) is 14.1 Å². The van der Waals surface area contributed by atoms with Crippen molar-refractivity contribution >= 4 is 29.9 Å². The summed E-state index contributed by atoms with van der Waals surface area (Å²) in [5, 5.41) is 6.74. The Bertz CT molecular complexity index is 700. The van der Waals surface area contributed by atoms with Gasteiger partial charge in [0, 0.05) is 20.6 Å². The van der Waals surface area contributed by atoms with Gasteiger partial charge in [0.05, 0.1) is 12.1 Å². The Morgan fingerprint density at radius 2 is 1.92 bits per heavy atom. The SMILES string of the molecule is CN=C(NCc1nc(C)no1)N(C)Cc1ccc(C(F)(F)F)cc1.I. The molecule has 0 atom stereocenters. The molecule has 0 aliphatic rings. The van der Waals surface area contributed by atoms with Crippen molar-refractivity contribution in [1.29, 1.82) is 0 Å². The molecule has 2 rings (SSSR count). The lowest BCUT2D eigenvalue weighted by molar-refractivity contribution is -0.137. The van der Waals surface area contributed by atoms with Crippen LogP contribution in [-0.2, 0) is 19.3 Å². The fraction of sp³-hybridized carbons (Fsp3) is 0.400. The lowest BCUT2D eigenvalue weighted by Gasteiger charge is -2.21. The van der Waals surface area contributed by atoms with Crippen molar-refractivity contribution in [2.45, 2.75) is 26.2 Å². The van der Waals surface area contributed by atoms with Gasteiger partial charge in [-0.05, 0) is 24.6 Å². The smallest absolute Gasteiger partial charge is 0.347 e. The minimum absolute atomic E-state index is 0. The Balaban J connectivity index is 0.00000312. The molecule has 0 spiro atoms. The standard InChI is InChI=1S/C15H18F3N5O.HI/c1-10-21-13(24-22-10)8-20-14(19-2)23(3)9-11-4-6-12(7-5-11)15(16,17)18;/h4-7H,8-9H2,1-3H3,(H,19,20);1H. The summed E-state index contributed by atoms with van der Waals surface area (Å²) in [5.74, 6) is 1.53. The fourth-order valence-electron chi connectivity index (χ4n) is 2.10. The number of aryl methyl sites for hydroxylation is 1. The normalized spacial score (nSPS) is 11.8. The van der Waals surface area contributed by atoms with Crippen LogP contribution in [0, 0.1) is 6.92 Å². The molecule has 0 amide bonds. The van der Waals surface area contributed by atoms with E-state index in [-0.39, 0.29) is 24.0 Å². The number of nitrogens with one attached hydrogen (secondary N) is 1. The van der Waals surface area contributed by atoms with Gasteiger partial charge in [-0.25, -0.2) is 0 Å². The van der Waals surface area contributed by atoms with Gasteiger partial charge < -0.3 is 14.7 Å². The second-order valence-corrected chi connectivity index (χ2v) is 5.19. The van der Waals surface area contributed by atoms with Gasteiger partial charge in [-0.2, -0.15) is 18.2 Å². The highest BCUT2D eigenvalue weighted by molar-refractivity contribution is 14.0. The summed E-state index contributed by atoms with van der Waals surface area (Å²) in [6.45, 7) is 2.43. The topological polar surface area (TPSA) is 66.5 Å². The van der Waals surface area contributed by atoms with Crippen LogP contribution in [0.1, 0.15) is 22.8 Å². The van der Waals surface area contributed by atoms with Gasteiger partial charge in [0.2, 0.25) is 5.89 Å². The van der Waals surface area contributed by atoms with Crippen LogP contribution in [0.4, 0.5) is 13.2 Å². The van der Waals surface area contributed by atoms with Gasteiger partial charge in [-0.15, -0.1) is 24.0 Å². The highest BCUT2D eigenvalue weighted by Gasteiger charge is 2.29. The number of hydrogen-bond acceptors (Lipinski definition) is 4. The van der Waals surface area contributed by atoms with Crippen molar-refractivity contribution in [2.24, 2.45) is 4.99 Å². The van der Waals surface area contributed by atoms with Gasteiger partial charge in [0.1, 0.15) is 0 Å². The number of nitrogens with zero attached hydrogens (tertiary/aromatic N) is 4. The maximum atomic E-state index is 12.6. The Morgan fingerprint density at radius 3 is 2.40 bits per heavy atom. The molecule has 0 aliphatic carbocycles. The second kappa shape index (κ2) is 9.02. The number of aliphatic imine (C=N–C) groups is 1. The zero-order chi connectivity index (χ0) is 17.7. The quantitative estimate of drug-likeness (QED) is 0.424. The fourth-order valence-corrected chi connectivity index (χ4v) is 2.10. The van der Waals surface area contributed by atoms with Crippen LogP contribution >= 0.6 is 24.0 Å². The first-order valence-electron chi connectivity index (χ1n) is 7.16. The van der Waals surface area contributed by atoms with Gasteiger partial charge in [0.25, 0.3) is 0 Å². The van der Waals surface area contributed by atoms with Crippen molar-refractivity contribution in [1.82, 2.24) is 20.4 Å². The summed E-state index contributed by atoms with van der Waals surface area (Å²) in [6.07, 6.45) is -4.33. The molecule has 0 fully saturated rings. The monoisotopic (exact) mass is 469 g/mol. The highest BCUT2D eigenvalue weighted by atomic mass is 127. The number of guanidine groups is 1. The Kier molecular flexibility index (Phi) is 7.64. The average molecular weight is 469 g/mol. The first kappa shape index (κ1) is 21.2. The van der Waals surface area contributed by atoms with Crippen LogP contribution in [-0.4, -0.2) is 35.1 Å². The Labute approximate surface area is 160 Å². The molecule has 25 heavy (non-hydrogen) atoms. The van der Waals surface area contributed by atoms with Crippen LogP contribution in [0.15, 0.2) is 33.8 Å². The zero-order valence-corrected chi connectivity index (χ0v) is 16.3. The molecule has 0 aliphatic heterocycles. The third kappa shape index (κ3) is 6.18. The van der Waals surface area contributed by atoms with Crippen LogP contribution < -0.4 is 5.32 Å². The number of benzene rings is 1. The number of hydrogen-bond donors (Lipinski definition) is 1. The summed E-state index contributed by atoms with van der Waals surface area (Å²) in [4.78, 5) is 9.98. The predicted molar refractivity (Wildman–Crippen MR) is 97.6 cm³/mol. The van der Waals surface area contributed by atoms with E-state index in [1.165, 1.54) is 12.1 Å². The van der Waals surface area contributed by atoms with Crippen LogP contribution in [0.5, 0.6) is 0 Å². The van der Waals surface area contributed by atoms with Crippen LogP contribution in [0.3, 0.4) is 0 Å². The van der Waals surface area contributed by atoms with E-state index in [1.807, 2.05) is 0 Å². The number of alkyl halides is 3. The molecule has 1 N–H and O–H groups in total. The molecule has 0 bridgehead atoms. The van der Waals surface area contributed by atoms with E-state index >= 15 is 0 Å². The average Bonchev–Trinajstić information content (AvgIpc) is 2.93. The van der Waals surface area contributed by atoms with Gasteiger partial charge in [-0.1, -0.05) is 17.3 Å². The molecule has 0 saturated carbocycles. The number of halogens is 4. The first-order chi connectivity index (χ1) is 11.3. The first-order valence-corrected chi connectivity index (χ1v) is 7.16. The van der Waals surface area contributed by atoms with Gasteiger partial charge in [0.15, 0.2) is 11.8 Å². The molecule has 2 aromatic rings. The molecule has 1 aromatic carbocycles. The molecule has 138 valence electrons. The van der Waals surface area contributed by atoms with Crippen molar-refractivity contribution in [3.8, 4) is 0 Å². The van der Waals surface area contributed by atoms with Gasteiger partial charge in [-0.3, -0.25) is 4.99 Å². The predicted octanol–water partition coefficient (Wildman–Crippen LogP) is 3.22. The largest absolute Gasteiger partial charge is 0.416 e. The van der Waals surface area contributed by atoms with E-state index in [1.54, 1.807) is 25.9 Å². The van der Waals surface area contributed by atoms with E-state index < -0.39 is 11.7 Å². The highest BCUT2D eigenvalue weighted by Crippen LogP contribution is 2.29. The molecule has 0 saturated heterocycles. The molecular formula is C15H19F3IN5O. The summed E-state index contributed by atoms with van der Waals surface area (Å²) in [7, 11) is 3.40. The minimum Gasteiger partial charge on any atom is -0.347 e. The summed E-state index contributed by atoms with van der Waals surface area (Å²) >= 11 is 0. The number of aromatic nitrogens is 2. The van der Waals surface area contributed by atoms with E-state index in [4.69, 9.17) is 4.52 Å². The Hall–Kier alpha value is -1.85. The summed E-state index contributed by atoms with van der Waals surface area (Å²) < 4.78 is 42.7. The van der Waals surface area contributed by atoms with Crippen molar-refractivity contribution in [3.05, 3.63) is 47.1 Å². The molecule has 1 heterocycles. The molecule has 0 unspecified atom stereocenters. The van der Waals surface area contributed by atoms with E-state index in [9.17, 15) is 13.2 Å². The molecule has 10 heteroatoms. The number of rotatable bonds is 4. The summed E-state index contributed by atoms with van der Waals surface area (Å²) in [6, 6.07) is 5.04. The van der Waals surface area contributed by atoms with Crippen molar-refractivity contribution in [3.63, 3.8) is 0 Å². The lowest BCUT2D eigenvalue weighted by atomic mass is 10.1. The molecule has 6 nitrogen and oxygen atoms in total. The molecular weight excluding hydrogens is 450 g/mol. The van der Waals surface area contributed by atoms with E-state index in [0.29, 0.717) is 30.8 Å². The van der Waals surface area contributed by atoms with Crippen LogP contribution in [0.2, 0.25) is 0 Å². The molecule has 0 radical (unpaired) electrons. The van der Waals surface area contributed by atoms with Crippen molar-refractivity contribution < 1.29 is 17.7 Å². The lowest BCUT2D eigenvalue weighted by Crippen LogP contribution is -2.38. The van der Waals surface area contributed by atoms with Crippen LogP contribution in [0.25, 0.3) is 0 Å².